The molecule has 1 atom stereocenters. The van der Waals surface area contributed by atoms with Gasteiger partial charge >= 0.3 is 0 Å². The fourth-order valence-electron chi connectivity index (χ4n) is 2.59. The molecule has 0 saturated carbocycles. The van der Waals surface area contributed by atoms with Crippen LogP contribution in [0.2, 0.25) is 0 Å². The van der Waals surface area contributed by atoms with Crippen LogP contribution >= 0.6 is 11.3 Å². The fourth-order valence-corrected chi connectivity index (χ4v) is 3.58. The molecule has 1 aromatic carbocycles. The van der Waals surface area contributed by atoms with E-state index >= 15 is 0 Å². The number of aryl methyl sites for hydroxylation is 1. The molecule has 0 spiro atoms. The van der Waals surface area contributed by atoms with Gasteiger partial charge in [-0.15, -0.1) is 11.3 Å². The molecule has 3 nitrogen and oxygen atoms in total. The van der Waals surface area contributed by atoms with Crippen molar-refractivity contribution in [3.05, 3.63) is 51.5 Å². The molecule has 0 bridgehead atoms. The number of rotatable bonds is 2. The molecule has 2 aromatic rings. The van der Waals surface area contributed by atoms with E-state index in [1.54, 1.807) is 11.3 Å². The molecule has 0 fully saturated rings. The maximum absolute atomic E-state index is 13.7. The minimum absolute atomic E-state index is 0.00681. The van der Waals surface area contributed by atoms with Crippen molar-refractivity contribution in [3.8, 4) is 0 Å². The van der Waals surface area contributed by atoms with Crippen molar-refractivity contribution in [1.29, 1.82) is 0 Å². The summed E-state index contributed by atoms with van der Waals surface area (Å²) in [6, 6.07) is 6.06. The molecule has 3 N–H and O–H groups in total. The van der Waals surface area contributed by atoms with Crippen molar-refractivity contribution in [3.63, 3.8) is 0 Å². The molecule has 0 saturated heterocycles. The highest BCUT2D eigenvalue weighted by molar-refractivity contribution is 7.10. The maximum Gasteiger partial charge on any atom is 0.254 e. The monoisotopic (exact) mass is 290 g/mol. The Morgan fingerprint density at radius 3 is 3.10 bits per heavy atom. The largest absolute Gasteiger partial charge is 0.399 e. The third-order valence-corrected chi connectivity index (χ3v) is 4.59. The summed E-state index contributed by atoms with van der Waals surface area (Å²) in [6.45, 7) is 0. The van der Waals surface area contributed by atoms with Gasteiger partial charge in [-0.3, -0.25) is 4.79 Å². The second kappa shape index (κ2) is 5.25. The van der Waals surface area contributed by atoms with Gasteiger partial charge in [0, 0.05) is 10.6 Å². The molecule has 3 rings (SSSR count). The summed E-state index contributed by atoms with van der Waals surface area (Å²) in [5.41, 5.74) is 7.17. The maximum atomic E-state index is 13.7. The molecule has 1 amide bonds. The number of carbonyl (C=O) groups excluding carboxylic acids is 1. The Hall–Kier alpha value is -1.88. The highest BCUT2D eigenvalue weighted by atomic mass is 32.1. The Balaban J connectivity index is 1.82. The van der Waals surface area contributed by atoms with Crippen LogP contribution in [0.1, 0.15) is 39.7 Å². The first kappa shape index (κ1) is 13.1. The molecule has 0 radical (unpaired) electrons. The number of nitrogens with one attached hydrogen (secondary N) is 1. The second-order valence-electron chi connectivity index (χ2n) is 4.96. The van der Waals surface area contributed by atoms with Crippen LogP contribution in [0.3, 0.4) is 0 Å². The number of halogens is 1. The first-order valence-corrected chi connectivity index (χ1v) is 7.45. The van der Waals surface area contributed by atoms with Crippen molar-refractivity contribution in [2.75, 3.05) is 5.73 Å². The van der Waals surface area contributed by atoms with E-state index in [1.807, 2.05) is 11.4 Å². The zero-order chi connectivity index (χ0) is 14.1. The molecule has 1 aliphatic carbocycles. The molecule has 20 heavy (non-hydrogen) atoms. The Bertz CT molecular complexity index is 653. The van der Waals surface area contributed by atoms with Gasteiger partial charge in [-0.05, 0) is 54.5 Å². The predicted octanol–water partition coefficient (Wildman–Crippen LogP) is 3.28. The summed E-state index contributed by atoms with van der Waals surface area (Å²) in [4.78, 5) is 13.5. The summed E-state index contributed by atoms with van der Waals surface area (Å²) >= 11 is 1.71. The summed E-state index contributed by atoms with van der Waals surface area (Å²) in [5.74, 6) is -0.947. The highest BCUT2D eigenvalue weighted by Crippen LogP contribution is 2.33. The van der Waals surface area contributed by atoms with Gasteiger partial charge in [0.2, 0.25) is 0 Å². The molecular formula is C15H15FN2OS. The second-order valence-corrected chi connectivity index (χ2v) is 5.96. The molecule has 104 valence electrons. The van der Waals surface area contributed by atoms with E-state index in [0.29, 0.717) is 5.69 Å². The van der Waals surface area contributed by atoms with Gasteiger partial charge in [0.15, 0.2) is 0 Å². The smallest absolute Gasteiger partial charge is 0.254 e. The fraction of sp³-hybridized carbons (Fsp3) is 0.267. The lowest BCUT2D eigenvalue weighted by atomic mass is 9.94. The van der Waals surface area contributed by atoms with Crippen LogP contribution in [0.15, 0.2) is 29.6 Å². The van der Waals surface area contributed by atoms with Gasteiger partial charge in [-0.2, -0.15) is 0 Å². The van der Waals surface area contributed by atoms with E-state index in [0.717, 1.165) is 19.3 Å². The van der Waals surface area contributed by atoms with Crippen LogP contribution in [-0.2, 0) is 6.42 Å². The molecule has 1 aromatic heterocycles. The SMILES string of the molecule is Nc1ccc(F)c(C(=O)NC2CCCc3sccc32)c1. The first-order valence-electron chi connectivity index (χ1n) is 6.57. The minimum atomic E-state index is -0.543. The average Bonchev–Trinajstić information content (AvgIpc) is 2.91. The van der Waals surface area contributed by atoms with Crippen molar-refractivity contribution >= 4 is 22.9 Å². The van der Waals surface area contributed by atoms with Crippen molar-refractivity contribution in [1.82, 2.24) is 5.32 Å². The molecular weight excluding hydrogens is 275 g/mol. The van der Waals surface area contributed by atoms with Gasteiger partial charge in [0.25, 0.3) is 5.91 Å². The summed E-state index contributed by atoms with van der Waals surface area (Å²) in [7, 11) is 0. The van der Waals surface area contributed by atoms with Gasteiger partial charge in [-0.25, -0.2) is 4.39 Å². The van der Waals surface area contributed by atoms with Gasteiger partial charge in [-0.1, -0.05) is 0 Å². The summed E-state index contributed by atoms with van der Waals surface area (Å²) in [5, 5.41) is 4.96. The molecule has 1 unspecified atom stereocenters. The van der Waals surface area contributed by atoms with E-state index in [4.69, 9.17) is 5.73 Å². The van der Waals surface area contributed by atoms with Crippen molar-refractivity contribution < 1.29 is 9.18 Å². The zero-order valence-corrected chi connectivity index (χ0v) is 11.7. The Morgan fingerprint density at radius 2 is 2.25 bits per heavy atom. The number of carbonyl (C=O) groups is 1. The lowest BCUT2D eigenvalue weighted by Gasteiger charge is -2.23. The van der Waals surface area contributed by atoms with Gasteiger partial charge in [0.1, 0.15) is 5.82 Å². The number of thiophene rings is 1. The Labute approximate surface area is 120 Å². The quantitative estimate of drug-likeness (QED) is 0.834. The number of hydrogen-bond acceptors (Lipinski definition) is 3. The van der Waals surface area contributed by atoms with Crippen LogP contribution in [0.4, 0.5) is 10.1 Å². The zero-order valence-electron chi connectivity index (χ0n) is 10.9. The third-order valence-electron chi connectivity index (χ3n) is 3.59. The van der Waals surface area contributed by atoms with Crippen LogP contribution in [0.5, 0.6) is 0 Å². The standard InChI is InChI=1S/C15H15FN2OS/c16-12-5-4-9(17)8-11(12)15(19)18-13-2-1-3-14-10(13)6-7-20-14/h4-8,13H,1-3,17H2,(H,18,19). The number of benzene rings is 1. The normalized spacial score (nSPS) is 17.6. The Kier molecular flexibility index (Phi) is 3.44. The van der Waals surface area contributed by atoms with E-state index in [1.165, 1.54) is 28.6 Å². The van der Waals surface area contributed by atoms with E-state index in [9.17, 15) is 9.18 Å². The number of nitrogens with two attached hydrogens (primary N) is 1. The van der Waals surface area contributed by atoms with Crippen LogP contribution < -0.4 is 11.1 Å². The number of nitrogen functional groups attached to an aromatic ring is 1. The van der Waals surface area contributed by atoms with Crippen LogP contribution in [0.25, 0.3) is 0 Å². The van der Waals surface area contributed by atoms with E-state index < -0.39 is 11.7 Å². The first-order chi connectivity index (χ1) is 9.65. The third kappa shape index (κ3) is 2.41. The number of hydrogen-bond donors (Lipinski definition) is 2. The summed E-state index contributed by atoms with van der Waals surface area (Å²) < 4.78 is 13.7. The van der Waals surface area contributed by atoms with Crippen LogP contribution in [0, 0.1) is 5.82 Å². The molecule has 1 aliphatic rings. The average molecular weight is 290 g/mol. The molecule has 0 aliphatic heterocycles. The summed E-state index contributed by atoms with van der Waals surface area (Å²) in [6.07, 6.45) is 2.99. The lowest BCUT2D eigenvalue weighted by Crippen LogP contribution is -2.31. The highest BCUT2D eigenvalue weighted by Gasteiger charge is 2.24. The predicted molar refractivity (Wildman–Crippen MR) is 78.3 cm³/mol. The molecule has 1 heterocycles. The van der Waals surface area contributed by atoms with Gasteiger partial charge in [0.05, 0.1) is 11.6 Å². The van der Waals surface area contributed by atoms with Crippen molar-refractivity contribution in [2.24, 2.45) is 0 Å². The van der Waals surface area contributed by atoms with Gasteiger partial charge < -0.3 is 11.1 Å². The van der Waals surface area contributed by atoms with Crippen molar-refractivity contribution in [2.45, 2.75) is 25.3 Å². The van der Waals surface area contributed by atoms with E-state index in [2.05, 4.69) is 5.32 Å². The molecule has 5 heteroatoms. The number of anilines is 1. The Morgan fingerprint density at radius 1 is 1.40 bits per heavy atom. The topological polar surface area (TPSA) is 55.1 Å². The van der Waals surface area contributed by atoms with Crippen LogP contribution in [-0.4, -0.2) is 5.91 Å². The number of amides is 1. The number of fused-ring (bicyclic) bond motifs is 1. The van der Waals surface area contributed by atoms with E-state index in [-0.39, 0.29) is 11.6 Å². The lowest BCUT2D eigenvalue weighted by molar-refractivity contribution is 0.0929. The minimum Gasteiger partial charge on any atom is -0.399 e.